The average Bonchev–Trinajstić information content (AvgIpc) is 3.10. The molecule has 7 heteroatoms. The summed E-state index contributed by atoms with van der Waals surface area (Å²) in [5.41, 5.74) is 1.38. The van der Waals surface area contributed by atoms with E-state index in [2.05, 4.69) is 10.4 Å². The highest BCUT2D eigenvalue weighted by Crippen LogP contribution is 2.28. The second kappa shape index (κ2) is 8.60. The summed E-state index contributed by atoms with van der Waals surface area (Å²) in [6.45, 7) is 2.86. The molecule has 0 unspecified atom stereocenters. The van der Waals surface area contributed by atoms with E-state index >= 15 is 0 Å². The molecular formula is C20H20ClN3O3. The van der Waals surface area contributed by atoms with Gasteiger partial charge in [0.1, 0.15) is 5.82 Å². The van der Waals surface area contributed by atoms with Gasteiger partial charge >= 0.3 is 0 Å². The van der Waals surface area contributed by atoms with Gasteiger partial charge in [0.2, 0.25) is 0 Å². The van der Waals surface area contributed by atoms with Crippen LogP contribution in [0.3, 0.4) is 0 Å². The average molecular weight is 386 g/mol. The number of benzene rings is 2. The summed E-state index contributed by atoms with van der Waals surface area (Å²) in [5.74, 6) is 1.42. The molecule has 6 nitrogen and oxygen atoms in total. The molecule has 2 aromatic carbocycles. The number of nitrogens with zero attached hydrogens (tertiary/aromatic N) is 2. The van der Waals surface area contributed by atoms with Gasteiger partial charge in [0, 0.05) is 16.7 Å². The summed E-state index contributed by atoms with van der Waals surface area (Å²) in [6, 6.07) is 14.3. The molecule has 0 bridgehead atoms. The number of hydrogen-bond acceptors (Lipinski definition) is 4. The lowest BCUT2D eigenvalue weighted by Gasteiger charge is -2.12. The lowest BCUT2D eigenvalue weighted by atomic mass is 10.2. The van der Waals surface area contributed by atoms with Crippen LogP contribution in [0.15, 0.2) is 54.7 Å². The lowest BCUT2D eigenvalue weighted by Crippen LogP contribution is -2.16. The first-order chi connectivity index (χ1) is 13.1. The Morgan fingerprint density at radius 3 is 2.74 bits per heavy atom. The largest absolute Gasteiger partial charge is 0.493 e. The Kier molecular flexibility index (Phi) is 5.98. The van der Waals surface area contributed by atoms with Gasteiger partial charge in [-0.1, -0.05) is 29.8 Å². The van der Waals surface area contributed by atoms with Crippen molar-refractivity contribution < 1.29 is 14.3 Å². The lowest BCUT2D eigenvalue weighted by molar-refractivity contribution is 0.102. The van der Waals surface area contributed by atoms with Crippen LogP contribution in [0.1, 0.15) is 22.8 Å². The highest BCUT2D eigenvalue weighted by molar-refractivity contribution is 6.31. The number of rotatable bonds is 7. The zero-order chi connectivity index (χ0) is 19.2. The van der Waals surface area contributed by atoms with Crippen molar-refractivity contribution in [3.8, 4) is 11.5 Å². The van der Waals surface area contributed by atoms with Crippen molar-refractivity contribution in [1.82, 2.24) is 9.78 Å². The molecule has 1 amide bonds. The van der Waals surface area contributed by atoms with Crippen molar-refractivity contribution in [3.63, 3.8) is 0 Å². The van der Waals surface area contributed by atoms with E-state index in [9.17, 15) is 4.79 Å². The van der Waals surface area contributed by atoms with Crippen LogP contribution in [0, 0.1) is 0 Å². The Bertz CT molecular complexity index is 940. The minimum atomic E-state index is -0.266. The van der Waals surface area contributed by atoms with Crippen LogP contribution >= 0.6 is 11.6 Å². The monoisotopic (exact) mass is 385 g/mol. The highest BCUT2D eigenvalue weighted by Gasteiger charge is 2.14. The molecule has 27 heavy (non-hydrogen) atoms. The summed E-state index contributed by atoms with van der Waals surface area (Å²) in [5, 5.41) is 7.80. The van der Waals surface area contributed by atoms with Crippen LogP contribution in [-0.4, -0.2) is 29.4 Å². The molecule has 1 aromatic heterocycles. The number of ether oxygens (including phenoxy) is 2. The van der Waals surface area contributed by atoms with Gasteiger partial charge < -0.3 is 14.8 Å². The first-order valence-corrected chi connectivity index (χ1v) is 8.87. The van der Waals surface area contributed by atoms with Gasteiger partial charge in [-0.15, -0.1) is 0 Å². The Hall–Kier alpha value is -2.99. The van der Waals surface area contributed by atoms with Gasteiger partial charge in [0.05, 0.1) is 26.5 Å². The Morgan fingerprint density at radius 2 is 2.00 bits per heavy atom. The highest BCUT2D eigenvalue weighted by atomic mass is 35.5. The number of halogens is 1. The second-order valence-corrected chi connectivity index (χ2v) is 6.13. The maximum Gasteiger partial charge on any atom is 0.256 e. The van der Waals surface area contributed by atoms with E-state index < -0.39 is 0 Å². The first-order valence-electron chi connectivity index (χ1n) is 8.49. The van der Waals surface area contributed by atoms with Crippen LogP contribution in [-0.2, 0) is 6.54 Å². The van der Waals surface area contributed by atoms with E-state index in [4.69, 9.17) is 21.1 Å². The molecule has 0 aliphatic heterocycles. The van der Waals surface area contributed by atoms with Gasteiger partial charge in [0.15, 0.2) is 11.5 Å². The van der Waals surface area contributed by atoms with Crippen molar-refractivity contribution in [3.05, 3.63) is 70.9 Å². The number of carbonyl (C=O) groups is 1. The first kappa shape index (κ1) is 18.8. The van der Waals surface area contributed by atoms with E-state index in [-0.39, 0.29) is 5.91 Å². The molecule has 0 atom stereocenters. The smallest absolute Gasteiger partial charge is 0.256 e. The molecule has 0 saturated carbocycles. The Labute approximate surface area is 162 Å². The minimum absolute atomic E-state index is 0.266. The third-order valence-corrected chi connectivity index (χ3v) is 4.33. The molecule has 3 aromatic rings. The van der Waals surface area contributed by atoms with E-state index in [1.165, 1.54) is 7.11 Å². The number of aromatic nitrogens is 2. The molecule has 0 aliphatic carbocycles. The fraction of sp³-hybridized carbons (Fsp3) is 0.200. The quantitative estimate of drug-likeness (QED) is 0.660. The van der Waals surface area contributed by atoms with Gasteiger partial charge in [-0.25, -0.2) is 4.68 Å². The molecule has 1 N–H and O–H groups in total. The van der Waals surface area contributed by atoms with Crippen molar-refractivity contribution in [2.45, 2.75) is 13.5 Å². The van der Waals surface area contributed by atoms with Gasteiger partial charge in [-0.3, -0.25) is 4.79 Å². The summed E-state index contributed by atoms with van der Waals surface area (Å²) in [6.07, 6.45) is 1.63. The van der Waals surface area contributed by atoms with Gasteiger partial charge in [-0.05, 0) is 36.8 Å². The zero-order valence-corrected chi connectivity index (χ0v) is 15.9. The SMILES string of the molecule is CCOc1ccc(C(=O)Nc2ccnn2Cc2ccccc2Cl)cc1OC. The maximum absolute atomic E-state index is 12.6. The number of carbonyl (C=O) groups excluding carboxylic acids is 1. The molecule has 0 radical (unpaired) electrons. The van der Waals surface area contributed by atoms with Gasteiger partial charge in [0.25, 0.3) is 5.91 Å². The fourth-order valence-corrected chi connectivity index (χ4v) is 2.82. The number of methoxy groups -OCH3 is 1. The molecule has 0 aliphatic rings. The summed E-state index contributed by atoms with van der Waals surface area (Å²) in [4.78, 5) is 12.6. The van der Waals surface area contributed by atoms with Crippen molar-refractivity contribution in [1.29, 1.82) is 0 Å². The second-order valence-electron chi connectivity index (χ2n) is 5.72. The van der Waals surface area contributed by atoms with Crippen molar-refractivity contribution >= 4 is 23.3 Å². The third-order valence-electron chi connectivity index (χ3n) is 3.96. The molecule has 0 fully saturated rings. The number of anilines is 1. The number of nitrogens with one attached hydrogen (secondary N) is 1. The number of amides is 1. The third kappa shape index (κ3) is 4.41. The molecule has 140 valence electrons. The molecule has 0 saturated heterocycles. The van der Waals surface area contributed by atoms with Crippen LogP contribution in [0.2, 0.25) is 5.02 Å². The predicted octanol–water partition coefficient (Wildman–Crippen LogP) is 4.24. The molecule has 1 heterocycles. The molecular weight excluding hydrogens is 366 g/mol. The van der Waals surface area contributed by atoms with E-state index in [0.29, 0.717) is 41.1 Å². The van der Waals surface area contributed by atoms with E-state index in [1.54, 1.807) is 35.1 Å². The van der Waals surface area contributed by atoms with E-state index in [0.717, 1.165) is 5.56 Å². The van der Waals surface area contributed by atoms with Crippen molar-refractivity contribution in [2.24, 2.45) is 0 Å². The summed E-state index contributed by atoms with van der Waals surface area (Å²) in [7, 11) is 1.54. The molecule has 0 spiro atoms. The Balaban J connectivity index is 1.77. The van der Waals surface area contributed by atoms with Gasteiger partial charge in [-0.2, -0.15) is 5.10 Å². The van der Waals surface area contributed by atoms with Crippen molar-refractivity contribution in [2.75, 3.05) is 19.0 Å². The van der Waals surface area contributed by atoms with Crippen LogP contribution in [0.4, 0.5) is 5.82 Å². The summed E-state index contributed by atoms with van der Waals surface area (Å²) < 4.78 is 12.5. The summed E-state index contributed by atoms with van der Waals surface area (Å²) >= 11 is 6.21. The number of hydrogen-bond donors (Lipinski definition) is 1. The van der Waals surface area contributed by atoms with Crippen LogP contribution in [0.25, 0.3) is 0 Å². The van der Waals surface area contributed by atoms with Crippen LogP contribution in [0.5, 0.6) is 11.5 Å². The fourth-order valence-electron chi connectivity index (χ4n) is 2.62. The van der Waals surface area contributed by atoms with Crippen LogP contribution < -0.4 is 14.8 Å². The maximum atomic E-state index is 12.6. The standard InChI is InChI=1S/C20H20ClN3O3/c1-3-27-17-9-8-14(12-18(17)26-2)20(25)23-19-10-11-22-24(19)13-15-6-4-5-7-16(15)21/h4-12H,3,13H2,1-2H3,(H,23,25). The minimum Gasteiger partial charge on any atom is -0.493 e. The normalized spacial score (nSPS) is 10.5. The van der Waals surface area contributed by atoms with E-state index in [1.807, 2.05) is 31.2 Å². The predicted molar refractivity (Wildman–Crippen MR) is 105 cm³/mol. The molecule has 3 rings (SSSR count). The topological polar surface area (TPSA) is 65.4 Å². The Morgan fingerprint density at radius 1 is 1.19 bits per heavy atom. The zero-order valence-electron chi connectivity index (χ0n) is 15.1.